The molecule has 1 aromatic heterocycles. The number of anilines is 1. The number of rotatable bonds is 4. The Balaban J connectivity index is 1.45. The molecule has 2 aromatic carbocycles. The Morgan fingerprint density at radius 2 is 1.59 bits per heavy atom. The summed E-state index contributed by atoms with van der Waals surface area (Å²) in [5, 5.41) is 4.11. The molecule has 1 aliphatic rings. The van der Waals surface area contributed by atoms with E-state index in [0.29, 0.717) is 36.2 Å². The highest BCUT2D eigenvalue weighted by atomic mass is 35.5. The Morgan fingerprint density at radius 1 is 0.897 bits per heavy atom. The van der Waals surface area contributed by atoms with Crippen LogP contribution in [0.25, 0.3) is 11.3 Å². The van der Waals surface area contributed by atoms with Gasteiger partial charge in [-0.3, -0.25) is 0 Å². The number of hydrogen-bond acceptors (Lipinski definition) is 5. The number of aromatic nitrogens is 1. The van der Waals surface area contributed by atoms with Crippen LogP contribution >= 0.6 is 46.1 Å². The summed E-state index contributed by atoms with van der Waals surface area (Å²) in [4.78, 5) is 6.96. The van der Waals surface area contributed by atoms with Crippen LogP contribution in [0.1, 0.15) is 0 Å². The van der Waals surface area contributed by atoms with Crippen LogP contribution in [0.15, 0.2) is 52.7 Å². The average molecular weight is 489 g/mol. The van der Waals surface area contributed by atoms with E-state index >= 15 is 0 Å². The Morgan fingerprint density at radius 3 is 2.24 bits per heavy atom. The summed E-state index contributed by atoms with van der Waals surface area (Å²) in [5.74, 6) is 0. The third-order valence-corrected chi connectivity index (χ3v) is 8.46. The molecule has 10 heteroatoms. The van der Waals surface area contributed by atoms with Crippen molar-refractivity contribution >= 4 is 61.3 Å². The van der Waals surface area contributed by atoms with Gasteiger partial charge in [-0.1, -0.05) is 46.9 Å². The fourth-order valence-electron chi connectivity index (χ4n) is 3.07. The second-order valence-corrected chi connectivity index (χ2v) is 10.5. The van der Waals surface area contributed by atoms with E-state index in [9.17, 15) is 8.42 Å². The first-order chi connectivity index (χ1) is 13.8. The maximum Gasteiger partial charge on any atom is 0.243 e. The highest BCUT2D eigenvalue weighted by Gasteiger charge is 2.29. The zero-order valence-electron chi connectivity index (χ0n) is 15.1. The molecule has 0 atom stereocenters. The molecule has 29 heavy (non-hydrogen) atoms. The van der Waals surface area contributed by atoms with Gasteiger partial charge in [0.15, 0.2) is 5.13 Å². The molecule has 0 N–H and O–H groups in total. The summed E-state index contributed by atoms with van der Waals surface area (Å²) in [6.07, 6.45) is 0. The van der Waals surface area contributed by atoms with E-state index in [2.05, 4.69) is 4.90 Å². The minimum absolute atomic E-state index is 0.152. The molecule has 1 aliphatic heterocycles. The third-order valence-electron chi connectivity index (χ3n) is 4.67. The molecule has 0 saturated carbocycles. The fraction of sp³-hybridized carbons (Fsp3) is 0.211. The predicted molar refractivity (Wildman–Crippen MR) is 120 cm³/mol. The van der Waals surface area contributed by atoms with Crippen LogP contribution in [-0.4, -0.2) is 43.9 Å². The van der Waals surface area contributed by atoms with Crippen molar-refractivity contribution in [2.24, 2.45) is 0 Å². The Kier molecular flexibility index (Phi) is 6.06. The molecule has 0 amide bonds. The lowest BCUT2D eigenvalue weighted by Crippen LogP contribution is -2.48. The number of halogens is 3. The minimum Gasteiger partial charge on any atom is -0.345 e. The molecule has 1 fully saturated rings. The van der Waals surface area contributed by atoms with E-state index in [-0.39, 0.29) is 9.92 Å². The van der Waals surface area contributed by atoms with Crippen LogP contribution in [0.5, 0.6) is 0 Å². The minimum atomic E-state index is -3.61. The van der Waals surface area contributed by atoms with E-state index in [1.54, 1.807) is 11.3 Å². The van der Waals surface area contributed by atoms with E-state index in [1.165, 1.54) is 22.5 Å². The van der Waals surface area contributed by atoms with E-state index in [1.807, 2.05) is 29.6 Å². The molecular weight excluding hydrogens is 473 g/mol. The van der Waals surface area contributed by atoms with Gasteiger partial charge in [-0.05, 0) is 30.3 Å². The van der Waals surface area contributed by atoms with Crippen LogP contribution in [0, 0.1) is 0 Å². The molecule has 2 heterocycles. The van der Waals surface area contributed by atoms with Crippen molar-refractivity contribution in [2.45, 2.75) is 4.90 Å². The number of sulfonamides is 1. The summed E-state index contributed by atoms with van der Waals surface area (Å²) in [7, 11) is -3.61. The van der Waals surface area contributed by atoms with E-state index in [0.717, 1.165) is 16.4 Å². The van der Waals surface area contributed by atoms with Gasteiger partial charge in [0.25, 0.3) is 0 Å². The van der Waals surface area contributed by atoms with Crippen LogP contribution in [0.2, 0.25) is 15.1 Å². The first-order valence-corrected chi connectivity index (χ1v) is 12.2. The number of thiazole rings is 1. The van der Waals surface area contributed by atoms with Crippen molar-refractivity contribution in [3.8, 4) is 11.3 Å². The van der Waals surface area contributed by atoms with Gasteiger partial charge in [-0.15, -0.1) is 11.3 Å². The fourth-order valence-corrected chi connectivity index (χ4v) is 5.90. The summed E-state index contributed by atoms with van der Waals surface area (Å²) in [6, 6.07) is 11.9. The van der Waals surface area contributed by atoms with Crippen LogP contribution in [-0.2, 0) is 10.0 Å². The molecule has 0 radical (unpaired) electrons. The SMILES string of the molecule is O=S(=O)(c1ccc(Cl)c(Cl)c1)N1CCN(c2nc(-c3ccc(Cl)cc3)cs2)CC1. The first-order valence-electron chi connectivity index (χ1n) is 8.76. The maximum absolute atomic E-state index is 12.9. The average Bonchev–Trinajstić information content (AvgIpc) is 3.21. The lowest BCUT2D eigenvalue weighted by Gasteiger charge is -2.33. The third kappa shape index (κ3) is 4.40. The van der Waals surface area contributed by atoms with Crippen molar-refractivity contribution < 1.29 is 8.42 Å². The zero-order chi connectivity index (χ0) is 20.6. The van der Waals surface area contributed by atoms with Crippen molar-refractivity contribution in [3.63, 3.8) is 0 Å². The Labute approximate surface area is 188 Å². The van der Waals surface area contributed by atoms with Crippen molar-refractivity contribution in [2.75, 3.05) is 31.1 Å². The van der Waals surface area contributed by atoms with Gasteiger partial charge in [0.2, 0.25) is 10.0 Å². The first kappa shape index (κ1) is 20.9. The molecule has 1 saturated heterocycles. The van der Waals surface area contributed by atoms with E-state index in [4.69, 9.17) is 39.8 Å². The highest BCUT2D eigenvalue weighted by Crippen LogP contribution is 2.30. The molecular formula is C19H16Cl3N3O2S2. The molecule has 5 nitrogen and oxygen atoms in total. The van der Waals surface area contributed by atoms with Crippen LogP contribution in [0.4, 0.5) is 5.13 Å². The lowest BCUT2D eigenvalue weighted by atomic mass is 10.2. The number of nitrogens with zero attached hydrogens (tertiary/aromatic N) is 3. The van der Waals surface area contributed by atoms with Crippen molar-refractivity contribution in [1.82, 2.24) is 9.29 Å². The summed E-state index contributed by atoms with van der Waals surface area (Å²) >= 11 is 19.4. The largest absolute Gasteiger partial charge is 0.345 e. The highest BCUT2D eigenvalue weighted by molar-refractivity contribution is 7.89. The normalized spacial score (nSPS) is 15.6. The van der Waals surface area contributed by atoms with Gasteiger partial charge < -0.3 is 4.90 Å². The van der Waals surface area contributed by atoms with Gasteiger partial charge in [-0.25, -0.2) is 13.4 Å². The van der Waals surface area contributed by atoms with Crippen molar-refractivity contribution in [3.05, 3.63) is 62.9 Å². The summed E-state index contributed by atoms with van der Waals surface area (Å²) in [5.41, 5.74) is 1.88. The topological polar surface area (TPSA) is 53.5 Å². The van der Waals surface area contributed by atoms with Crippen molar-refractivity contribution in [1.29, 1.82) is 0 Å². The van der Waals surface area contributed by atoms with Crippen LogP contribution in [0.3, 0.4) is 0 Å². The molecule has 0 bridgehead atoms. The second kappa shape index (κ2) is 8.41. The van der Waals surface area contributed by atoms with Gasteiger partial charge >= 0.3 is 0 Å². The van der Waals surface area contributed by atoms with Gasteiger partial charge in [0.05, 0.1) is 20.6 Å². The number of hydrogen-bond donors (Lipinski definition) is 0. The Hall–Kier alpha value is -1.35. The molecule has 0 aliphatic carbocycles. The van der Waals surface area contributed by atoms with E-state index < -0.39 is 10.0 Å². The molecule has 0 spiro atoms. The monoisotopic (exact) mass is 487 g/mol. The summed E-state index contributed by atoms with van der Waals surface area (Å²) in [6.45, 7) is 1.87. The number of piperazine rings is 1. The van der Waals surface area contributed by atoms with Gasteiger partial charge in [0, 0.05) is 42.1 Å². The maximum atomic E-state index is 12.9. The van der Waals surface area contributed by atoms with Gasteiger partial charge in [-0.2, -0.15) is 4.31 Å². The molecule has 4 rings (SSSR count). The smallest absolute Gasteiger partial charge is 0.243 e. The predicted octanol–water partition coefficient (Wildman–Crippen LogP) is 5.28. The standard InChI is InChI=1S/C19H16Cl3N3O2S2/c20-14-3-1-13(2-4-14)18-12-28-19(23-18)24-7-9-25(10-8-24)29(26,27)15-5-6-16(21)17(22)11-15/h1-6,11-12H,7-10H2. The molecule has 0 unspecified atom stereocenters. The lowest BCUT2D eigenvalue weighted by molar-refractivity contribution is 0.385. The van der Waals surface area contributed by atoms with Crippen LogP contribution < -0.4 is 4.90 Å². The molecule has 3 aromatic rings. The zero-order valence-corrected chi connectivity index (χ0v) is 19.0. The molecule has 152 valence electrons. The second-order valence-electron chi connectivity index (χ2n) is 6.49. The Bertz CT molecular complexity index is 1130. The summed E-state index contributed by atoms with van der Waals surface area (Å²) < 4.78 is 27.3. The quantitative estimate of drug-likeness (QED) is 0.501. The number of benzene rings is 2. The van der Waals surface area contributed by atoms with Gasteiger partial charge in [0.1, 0.15) is 0 Å².